The zero-order valence-electron chi connectivity index (χ0n) is 18.4. The molecule has 0 aromatic carbocycles. The number of nitrogens with zero attached hydrogens (tertiary/aromatic N) is 5. The molecule has 0 bridgehead atoms. The normalized spacial score (nSPS) is 19.5. The average Bonchev–Trinajstić information content (AvgIpc) is 3.04. The molecule has 4 heterocycles. The van der Waals surface area contributed by atoms with E-state index in [9.17, 15) is 0 Å². The Balaban J connectivity index is 0.00000256. The highest BCUT2D eigenvalue weighted by molar-refractivity contribution is 5.26. The summed E-state index contributed by atoms with van der Waals surface area (Å²) in [5, 5.41) is 0. The molecular formula is C24H32IN5. The zero-order valence-corrected chi connectivity index (χ0v) is 20.6. The van der Waals surface area contributed by atoms with Gasteiger partial charge in [-0.2, -0.15) is 0 Å². The van der Waals surface area contributed by atoms with Crippen LogP contribution in [0.3, 0.4) is 0 Å². The third-order valence-electron chi connectivity index (χ3n) is 6.27. The molecule has 1 aliphatic rings. The Bertz CT molecular complexity index is 930. The smallest absolute Gasteiger partial charge is 0.243 e. The van der Waals surface area contributed by atoms with Crippen LogP contribution in [-0.4, -0.2) is 26.0 Å². The first-order chi connectivity index (χ1) is 14.0. The standard InChI is InChI=1S/C24H32N5.HI/c1-18-8-6-13-25-23(18)21-10-5-11-22(24-19(2)9-7-14-26-24)29(21)15-12-20-16-27(3)17-28(20)4;/h6-9,13-14,16-17,21-22H,5,10-12,15H2,1-4H3;1H/q+1;/p-1/t21-,22+;. The molecule has 0 N–H and O–H groups in total. The molecule has 0 saturated carbocycles. The minimum absolute atomic E-state index is 0. The van der Waals surface area contributed by atoms with Gasteiger partial charge in [0.1, 0.15) is 11.9 Å². The Morgan fingerprint density at radius 2 is 1.57 bits per heavy atom. The van der Waals surface area contributed by atoms with Gasteiger partial charge in [-0.15, -0.1) is 0 Å². The van der Waals surface area contributed by atoms with Crippen molar-refractivity contribution in [1.29, 1.82) is 0 Å². The lowest BCUT2D eigenvalue weighted by molar-refractivity contribution is -0.671. The van der Waals surface area contributed by atoms with Crippen LogP contribution in [0.1, 0.15) is 59.6 Å². The van der Waals surface area contributed by atoms with E-state index in [1.54, 1.807) is 0 Å². The maximum atomic E-state index is 4.81. The monoisotopic (exact) mass is 517 g/mol. The highest BCUT2D eigenvalue weighted by Gasteiger charge is 2.35. The third-order valence-corrected chi connectivity index (χ3v) is 6.27. The molecule has 160 valence electrons. The Kier molecular flexibility index (Phi) is 7.63. The molecule has 0 unspecified atom stereocenters. The van der Waals surface area contributed by atoms with Gasteiger partial charge in [0, 0.05) is 25.4 Å². The molecule has 0 radical (unpaired) electrons. The second-order valence-corrected chi connectivity index (χ2v) is 8.37. The maximum Gasteiger partial charge on any atom is 0.243 e. The van der Waals surface area contributed by atoms with Gasteiger partial charge >= 0.3 is 0 Å². The van der Waals surface area contributed by atoms with Crippen molar-refractivity contribution in [2.45, 2.75) is 51.6 Å². The molecule has 0 aliphatic carbocycles. The second kappa shape index (κ2) is 10.0. The van der Waals surface area contributed by atoms with Crippen molar-refractivity contribution in [2.75, 3.05) is 6.54 Å². The highest BCUT2D eigenvalue weighted by Crippen LogP contribution is 2.42. The summed E-state index contributed by atoms with van der Waals surface area (Å²) in [7, 11) is 4.22. The summed E-state index contributed by atoms with van der Waals surface area (Å²) >= 11 is 0. The van der Waals surface area contributed by atoms with Gasteiger partial charge in [0.15, 0.2) is 0 Å². The van der Waals surface area contributed by atoms with Gasteiger partial charge in [-0.25, -0.2) is 9.13 Å². The molecule has 5 nitrogen and oxygen atoms in total. The van der Waals surface area contributed by atoms with Crippen LogP contribution in [0.15, 0.2) is 49.2 Å². The summed E-state index contributed by atoms with van der Waals surface area (Å²) in [6.45, 7) is 5.37. The predicted molar refractivity (Wildman–Crippen MR) is 114 cm³/mol. The number of pyridine rings is 2. The maximum absolute atomic E-state index is 4.81. The van der Waals surface area contributed by atoms with Crippen molar-refractivity contribution < 1.29 is 28.5 Å². The van der Waals surface area contributed by atoms with Crippen LogP contribution >= 0.6 is 0 Å². The van der Waals surface area contributed by atoms with E-state index in [1.807, 2.05) is 24.5 Å². The Hall–Kier alpha value is -1.80. The Morgan fingerprint density at radius 3 is 2.03 bits per heavy atom. The van der Waals surface area contributed by atoms with Crippen LogP contribution in [0, 0.1) is 13.8 Å². The van der Waals surface area contributed by atoms with E-state index in [2.05, 4.69) is 66.6 Å². The summed E-state index contributed by atoms with van der Waals surface area (Å²) in [5.74, 6) is 0. The van der Waals surface area contributed by atoms with E-state index < -0.39 is 0 Å². The first kappa shape index (κ1) is 22.9. The molecule has 0 amide bonds. The number of imidazole rings is 1. The first-order valence-electron chi connectivity index (χ1n) is 10.6. The van der Waals surface area contributed by atoms with Gasteiger partial charge in [0.25, 0.3) is 0 Å². The van der Waals surface area contributed by atoms with Crippen LogP contribution in [-0.2, 0) is 20.5 Å². The largest absolute Gasteiger partial charge is 1.00 e. The lowest BCUT2D eigenvalue weighted by Crippen LogP contribution is -3.00. The van der Waals surface area contributed by atoms with Crippen molar-refractivity contribution in [2.24, 2.45) is 14.1 Å². The van der Waals surface area contributed by atoms with Gasteiger partial charge in [-0.3, -0.25) is 14.9 Å². The van der Waals surface area contributed by atoms with Crippen LogP contribution in [0.25, 0.3) is 0 Å². The summed E-state index contributed by atoms with van der Waals surface area (Å²) in [6.07, 6.45) is 12.8. The summed E-state index contributed by atoms with van der Waals surface area (Å²) in [6, 6.07) is 9.13. The van der Waals surface area contributed by atoms with E-state index in [0.717, 1.165) is 25.8 Å². The molecule has 6 heteroatoms. The Morgan fingerprint density at radius 1 is 1.00 bits per heavy atom. The second-order valence-electron chi connectivity index (χ2n) is 8.37. The van der Waals surface area contributed by atoms with Gasteiger partial charge in [0.05, 0.1) is 37.6 Å². The Labute approximate surface area is 197 Å². The lowest BCUT2D eigenvalue weighted by atomic mass is 9.88. The fourth-order valence-electron chi connectivity index (χ4n) is 4.84. The molecule has 4 rings (SSSR count). The predicted octanol–water partition coefficient (Wildman–Crippen LogP) is 0.771. The number of halogens is 1. The minimum atomic E-state index is 0. The highest BCUT2D eigenvalue weighted by atomic mass is 127. The van der Waals surface area contributed by atoms with E-state index in [-0.39, 0.29) is 24.0 Å². The summed E-state index contributed by atoms with van der Waals surface area (Å²) in [5.41, 5.74) is 6.37. The number of likely N-dealkylation sites (tertiary alicyclic amines) is 1. The van der Waals surface area contributed by atoms with Gasteiger partial charge < -0.3 is 24.0 Å². The van der Waals surface area contributed by atoms with Crippen molar-refractivity contribution in [3.63, 3.8) is 0 Å². The molecule has 0 spiro atoms. The van der Waals surface area contributed by atoms with Gasteiger partial charge in [0.2, 0.25) is 6.33 Å². The number of piperidine rings is 1. The van der Waals surface area contributed by atoms with Crippen molar-refractivity contribution in [3.8, 4) is 0 Å². The fraction of sp³-hybridized carbons (Fsp3) is 0.458. The van der Waals surface area contributed by atoms with Gasteiger partial charge in [-0.05, 0) is 56.4 Å². The summed E-state index contributed by atoms with van der Waals surface area (Å²) in [4.78, 5) is 12.3. The molecule has 3 aromatic rings. The van der Waals surface area contributed by atoms with Crippen molar-refractivity contribution in [3.05, 3.63) is 77.4 Å². The van der Waals surface area contributed by atoms with E-state index in [4.69, 9.17) is 9.97 Å². The number of hydrogen-bond donors (Lipinski definition) is 0. The van der Waals surface area contributed by atoms with E-state index in [1.165, 1.54) is 34.6 Å². The van der Waals surface area contributed by atoms with E-state index >= 15 is 0 Å². The van der Waals surface area contributed by atoms with Gasteiger partial charge in [-0.1, -0.05) is 12.1 Å². The molecule has 3 aromatic heterocycles. The molecule has 1 fully saturated rings. The molecular weight excluding hydrogens is 485 g/mol. The quantitative estimate of drug-likeness (QED) is 0.371. The fourth-order valence-corrected chi connectivity index (χ4v) is 4.84. The van der Waals surface area contributed by atoms with Crippen LogP contribution in [0.2, 0.25) is 0 Å². The molecule has 1 aliphatic heterocycles. The topological polar surface area (TPSA) is 37.8 Å². The summed E-state index contributed by atoms with van der Waals surface area (Å²) < 4.78 is 4.36. The number of aromatic nitrogens is 4. The number of hydrogen-bond acceptors (Lipinski definition) is 3. The molecule has 1 saturated heterocycles. The average molecular weight is 517 g/mol. The van der Waals surface area contributed by atoms with Crippen molar-refractivity contribution >= 4 is 0 Å². The lowest BCUT2D eigenvalue weighted by Gasteiger charge is -2.42. The molecule has 30 heavy (non-hydrogen) atoms. The van der Waals surface area contributed by atoms with Crippen LogP contribution < -0.4 is 28.5 Å². The zero-order chi connectivity index (χ0) is 20.4. The molecule has 2 atom stereocenters. The minimum Gasteiger partial charge on any atom is -1.00 e. The number of aryl methyl sites for hydroxylation is 4. The third kappa shape index (κ3) is 4.75. The van der Waals surface area contributed by atoms with Crippen LogP contribution in [0.4, 0.5) is 0 Å². The SMILES string of the molecule is Cc1cccnc1[C@H]1CCC[C@@H](c2ncccc2C)N1CCc1c[n+](C)cn1C.[I-]. The first-order valence-corrected chi connectivity index (χ1v) is 10.6. The van der Waals surface area contributed by atoms with Crippen LogP contribution in [0.5, 0.6) is 0 Å². The van der Waals surface area contributed by atoms with Crippen molar-refractivity contribution in [1.82, 2.24) is 19.4 Å². The van der Waals surface area contributed by atoms with E-state index in [0.29, 0.717) is 12.1 Å². The number of rotatable bonds is 5.